The highest BCUT2D eigenvalue weighted by atomic mass is 16.5. The monoisotopic (exact) mass is 272 g/mol. The molecule has 0 aliphatic heterocycles. The zero-order chi connectivity index (χ0) is 14.3. The first-order chi connectivity index (χ1) is 9.02. The fraction of sp³-hybridized carbons (Fsp3) is 0.600. The molecule has 0 saturated heterocycles. The number of carbonyl (C=O) groups is 2. The maximum atomic E-state index is 11.4. The van der Waals surface area contributed by atoms with Crippen LogP contribution in [-0.2, 0) is 11.2 Å². The van der Waals surface area contributed by atoms with Gasteiger partial charge in [-0.25, -0.2) is 9.59 Å². The summed E-state index contributed by atoms with van der Waals surface area (Å²) in [5.41, 5.74) is 0. The molecule has 106 valence electrons. The number of nitrogens with one attached hydrogen (secondary N) is 2. The molecule has 1 atom stereocenters. The number of urea groups is 1. The molecule has 0 saturated carbocycles. The number of carboxylic acid groups (broad SMARTS) is 1. The maximum Gasteiger partial charge on any atom is 0.326 e. The number of hydrogen-bond acceptors (Lipinski definition) is 6. The molecule has 1 aromatic rings. The largest absolute Gasteiger partial charge is 0.480 e. The van der Waals surface area contributed by atoms with E-state index in [0.717, 1.165) is 0 Å². The topological polar surface area (TPSA) is 138 Å². The van der Waals surface area contributed by atoms with Gasteiger partial charge in [0.05, 0.1) is 0 Å². The summed E-state index contributed by atoms with van der Waals surface area (Å²) in [6, 6.07) is -1.74. The van der Waals surface area contributed by atoms with Crippen molar-refractivity contribution in [3.8, 4) is 0 Å². The first-order valence-electron chi connectivity index (χ1n) is 5.70. The Hall–Kier alpha value is -2.16. The second-order valence-corrected chi connectivity index (χ2v) is 3.79. The second-order valence-electron chi connectivity index (χ2n) is 3.79. The number of hydrogen-bond donors (Lipinski definition) is 4. The van der Waals surface area contributed by atoms with Crippen LogP contribution in [0.2, 0.25) is 0 Å². The zero-order valence-electron chi connectivity index (χ0n) is 10.4. The maximum absolute atomic E-state index is 11.4. The van der Waals surface area contributed by atoms with Gasteiger partial charge in [-0.15, -0.1) is 0 Å². The molecule has 0 bridgehead atoms. The van der Waals surface area contributed by atoms with Crippen molar-refractivity contribution in [1.29, 1.82) is 0 Å². The standard InChI is InChI=1S/C10H16N4O5/c1-6-12-8(19-14-6)2-4-11-10(18)13-7(3-5-15)9(16)17/h7,15H,2-5H2,1H3,(H,16,17)(H2,11,13,18). The Balaban J connectivity index is 2.28. The minimum Gasteiger partial charge on any atom is -0.480 e. The summed E-state index contributed by atoms with van der Waals surface area (Å²) in [5, 5.41) is 25.7. The Morgan fingerprint density at radius 2 is 2.21 bits per heavy atom. The van der Waals surface area contributed by atoms with E-state index in [0.29, 0.717) is 18.1 Å². The third-order valence-corrected chi connectivity index (χ3v) is 2.22. The Morgan fingerprint density at radius 3 is 2.74 bits per heavy atom. The SMILES string of the molecule is Cc1noc(CCNC(=O)NC(CCO)C(=O)O)n1. The molecular weight excluding hydrogens is 256 g/mol. The van der Waals surface area contributed by atoms with Gasteiger partial charge < -0.3 is 25.4 Å². The van der Waals surface area contributed by atoms with Crippen molar-refractivity contribution < 1.29 is 24.3 Å². The van der Waals surface area contributed by atoms with E-state index in [9.17, 15) is 9.59 Å². The van der Waals surface area contributed by atoms with Crippen LogP contribution in [0.5, 0.6) is 0 Å². The van der Waals surface area contributed by atoms with Crippen molar-refractivity contribution in [2.45, 2.75) is 25.8 Å². The molecular formula is C10H16N4O5. The fourth-order valence-corrected chi connectivity index (χ4v) is 1.32. The van der Waals surface area contributed by atoms with Crippen LogP contribution in [0, 0.1) is 6.92 Å². The molecule has 0 spiro atoms. The smallest absolute Gasteiger partial charge is 0.326 e. The van der Waals surface area contributed by atoms with Crippen molar-refractivity contribution >= 4 is 12.0 Å². The van der Waals surface area contributed by atoms with Gasteiger partial charge in [0.1, 0.15) is 6.04 Å². The molecule has 2 amide bonds. The summed E-state index contributed by atoms with van der Waals surface area (Å²) in [6.45, 7) is 1.59. The molecule has 0 aliphatic rings. The van der Waals surface area contributed by atoms with E-state index in [4.69, 9.17) is 14.7 Å². The molecule has 19 heavy (non-hydrogen) atoms. The molecule has 1 unspecified atom stereocenters. The van der Waals surface area contributed by atoms with Crippen LogP contribution in [0.4, 0.5) is 4.79 Å². The van der Waals surface area contributed by atoms with Gasteiger partial charge in [-0.05, 0) is 6.92 Å². The second kappa shape index (κ2) is 7.31. The number of rotatable bonds is 7. The van der Waals surface area contributed by atoms with Crippen LogP contribution in [-0.4, -0.2) is 51.5 Å². The molecule has 1 heterocycles. The van der Waals surface area contributed by atoms with Crippen LogP contribution in [0.15, 0.2) is 4.52 Å². The molecule has 4 N–H and O–H groups in total. The zero-order valence-corrected chi connectivity index (χ0v) is 10.4. The van der Waals surface area contributed by atoms with E-state index < -0.39 is 18.0 Å². The van der Waals surface area contributed by atoms with Crippen molar-refractivity contribution in [2.24, 2.45) is 0 Å². The van der Waals surface area contributed by atoms with Crippen LogP contribution < -0.4 is 10.6 Å². The molecule has 9 heteroatoms. The first-order valence-corrected chi connectivity index (χ1v) is 5.70. The summed E-state index contributed by atoms with van der Waals surface area (Å²) in [4.78, 5) is 26.1. The number of carbonyl (C=O) groups excluding carboxylic acids is 1. The van der Waals surface area contributed by atoms with Gasteiger partial charge in [0.15, 0.2) is 5.82 Å². The number of nitrogens with zero attached hydrogens (tertiary/aromatic N) is 2. The normalized spacial score (nSPS) is 11.9. The molecule has 0 aromatic carbocycles. The lowest BCUT2D eigenvalue weighted by Gasteiger charge is -2.13. The average Bonchev–Trinajstić information content (AvgIpc) is 2.74. The molecule has 1 aromatic heterocycles. The summed E-state index contributed by atoms with van der Waals surface area (Å²) in [6.07, 6.45) is 0.303. The highest BCUT2D eigenvalue weighted by molar-refractivity contribution is 5.82. The fourth-order valence-electron chi connectivity index (χ4n) is 1.32. The van der Waals surface area contributed by atoms with Crippen molar-refractivity contribution in [1.82, 2.24) is 20.8 Å². The van der Waals surface area contributed by atoms with Crippen LogP contribution in [0.3, 0.4) is 0 Å². The number of aromatic nitrogens is 2. The number of carboxylic acids is 1. The third-order valence-electron chi connectivity index (χ3n) is 2.22. The van der Waals surface area contributed by atoms with E-state index in [1.165, 1.54) is 0 Å². The molecule has 9 nitrogen and oxygen atoms in total. The van der Waals surface area contributed by atoms with Gasteiger partial charge in [0.25, 0.3) is 0 Å². The predicted molar refractivity (Wildman–Crippen MR) is 62.4 cm³/mol. The van der Waals surface area contributed by atoms with E-state index in [-0.39, 0.29) is 19.6 Å². The highest BCUT2D eigenvalue weighted by Gasteiger charge is 2.18. The Bertz CT molecular complexity index is 433. The van der Waals surface area contributed by atoms with Gasteiger partial charge in [-0.1, -0.05) is 5.16 Å². The van der Waals surface area contributed by atoms with Gasteiger partial charge >= 0.3 is 12.0 Å². The molecule has 0 radical (unpaired) electrons. The van der Waals surface area contributed by atoms with Crippen molar-refractivity contribution in [2.75, 3.05) is 13.2 Å². The molecule has 0 aliphatic carbocycles. The highest BCUT2D eigenvalue weighted by Crippen LogP contribution is 1.96. The minimum atomic E-state index is -1.20. The van der Waals surface area contributed by atoms with E-state index >= 15 is 0 Å². The number of aliphatic hydroxyl groups excluding tert-OH is 1. The number of amides is 2. The third kappa shape index (κ3) is 5.34. The Morgan fingerprint density at radius 1 is 1.47 bits per heavy atom. The summed E-state index contributed by atoms with van der Waals surface area (Å²) >= 11 is 0. The number of aryl methyl sites for hydroxylation is 1. The van der Waals surface area contributed by atoms with E-state index in [2.05, 4.69) is 20.8 Å². The van der Waals surface area contributed by atoms with Crippen LogP contribution in [0.1, 0.15) is 18.1 Å². The molecule has 0 fully saturated rings. The quantitative estimate of drug-likeness (QED) is 0.502. The van der Waals surface area contributed by atoms with Gasteiger partial charge in [0, 0.05) is 26.0 Å². The summed E-state index contributed by atoms with van der Waals surface area (Å²) in [5.74, 6) is -0.298. The Kier molecular flexibility index (Phi) is 5.73. The number of aliphatic hydroxyl groups is 1. The van der Waals surface area contributed by atoms with Gasteiger partial charge in [-0.2, -0.15) is 4.98 Å². The lowest BCUT2D eigenvalue weighted by molar-refractivity contribution is -0.139. The van der Waals surface area contributed by atoms with Gasteiger partial charge in [-0.3, -0.25) is 0 Å². The first kappa shape index (κ1) is 14.9. The average molecular weight is 272 g/mol. The lowest BCUT2D eigenvalue weighted by atomic mass is 10.2. The predicted octanol–water partition coefficient (Wildman–Crippen LogP) is -0.945. The van der Waals surface area contributed by atoms with E-state index in [1.54, 1.807) is 6.92 Å². The summed E-state index contributed by atoms with van der Waals surface area (Å²) in [7, 11) is 0. The molecule has 1 rings (SSSR count). The van der Waals surface area contributed by atoms with E-state index in [1.807, 2.05) is 0 Å². The summed E-state index contributed by atoms with van der Waals surface area (Å²) < 4.78 is 4.84. The minimum absolute atomic E-state index is 0.0500. The van der Waals surface area contributed by atoms with Crippen molar-refractivity contribution in [3.63, 3.8) is 0 Å². The van der Waals surface area contributed by atoms with Crippen molar-refractivity contribution in [3.05, 3.63) is 11.7 Å². The van der Waals surface area contributed by atoms with Crippen LogP contribution in [0.25, 0.3) is 0 Å². The van der Waals surface area contributed by atoms with Crippen LogP contribution >= 0.6 is 0 Å². The van der Waals surface area contributed by atoms with Gasteiger partial charge in [0.2, 0.25) is 5.89 Å². The number of aliphatic carboxylic acids is 1. The Labute approximate surface area is 109 Å². The lowest BCUT2D eigenvalue weighted by Crippen LogP contribution is -2.46.